The Bertz CT molecular complexity index is 308. The molecule has 0 spiro atoms. The molecule has 3 nitrogen and oxygen atoms in total. The molecule has 0 radical (unpaired) electrons. The average molecular weight is 209 g/mol. The summed E-state index contributed by atoms with van der Waals surface area (Å²) < 4.78 is 10.7. The lowest BCUT2D eigenvalue weighted by Gasteiger charge is -2.19. The molecule has 15 heavy (non-hydrogen) atoms. The van der Waals surface area contributed by atoms with E-state index in [0.717, 1.165) is 23.5 Å². The molecule has 0 aliphatic rings. The highest BCUT2D eigenvalue weighted by atomic mass is 16.5. The third-order valence-electron chi connectivity index (χ3n) is 2.57. The van der Waals surface area contributed by atoms with Crippen molar-refractivity contribution < 1.29 is 9.47 Å². The number of rotatable bonds is 5. The van der Waals surface area contributed by atoms with Crippen LogP contribution in [0.1, 0.15) is 24.9 Å². The first-order chi connectivity index (χ1) is 7.28. The van der Waals surface area contributed by atoms with Gasteiger partial charge in [0, 0.05) is 11.6 Å². The maximum Gasteiger partial charge on any atom is 0.165 e. The Kier molecular flexibility index (Phi) is 4.43. The Labute approximate surface area is 91.4 Å². The van der Waals surface area contributed by atoms with Gasteiger partial charge in [0.1, 0.15) is 0 Å². The van der Waals surface area contributed by atoms with E-state index in [1.165, 1.54) is 0 Å². The Morgan fingerprint density at radius 3 is 2.47 bits per heavy atom. The Morgan fingerprint density at radius 2 is 2.00 bits per heavy atom. The van der Waals surface area contributed by atoms with Gasteiger partial charge in [-0.05, 0) is 19.5 Å². The number of para-hydroxylation sites is 1. The van der Waals surface area contributed by atoms with Gasteiger partial charge in [-0.2, -0.15) is 0 Å². The third-order valence-corrected chi connectivity index (χ3v) is 2.57. The second kappa shape index (κ2) is 5.61. The monoisotopic (exact) mass is 209 g/mol. The van der Waals surface area contributed by atoms with E-state index in [9.17, 15) is 0 Å². The summed E-state index contributed by atoms with van der Waals surface area (Å²) in [6.07, 6.45) is 1.01. The van der Waals surface area contributed by atoms with Crippen LogP contribution >= 0.6 is 0 Å². The zero-order valence-corrected chi connectivity index (χ0v) is 9.83. The van der Waals surface area contributed by atoms with Gasteiger partial charge in [-0.15, -0.1) is 0 Å². The van der Waals surface area contributed by atoms with Gasteiger partial charge < -0.3 is 14.8 Å². The smallest absolute Gasteiger partial charge is 0.165 e. The molecule has 0 aliphatic heterocycles. The van der Waals surface area contributed by atoms with Crippen LogP contribution in [0.25, 0.3) is 0 Å². The highest BCUT2D eigenvalue weighted by Gasteiger charge is 2.15. The van der Waals surface area contributed by atoms with Gasteiger partial charge in [0.05, 0.1) is 14.2 Å². The van der Waals surface area contributed by atoms with Gasteiger partial charge in [-0.25, -0.2) is 0 Å². The molecule has 1 N–H and O–H groups in total. The first-order valence-electron chi connectivity index (χ1n) is 5.16. The van der Waals surface area contributed by atoms with Crippen molar-refractivity contribution in [2.45, 2.75) is 19.4 Å². The van der Waals surface area contributed by atoms with Crippen molar-refractivity contribution in [2.75, 3.05) is 21.3 Å². The molecule has 0 unspecified atom stereocenters. The summed E-state index contributed by atoms with van der Waals surface area (Å²) in [5.41, 5.74) is 1.14. The summed E-state index contributed by atoms with van der Waals surface area (Å²) in [5, 5.41) is 3.26. The van der Waals surface area contributed by atoms with Crippen LogP contribution in [0.15, 0.2) is 18.2 Å². The van der Waals surface area contributed by atoms with Crippen LogP contribution in [0.2, 0.25) is 0 Å². The van der Waals surface area contributed by atoms with Crippen molar-refractivity contribution in [3.63, 3.8) is 0 Å². The standard InChI is InChI=1S/C12H19NO2/c1-5-10(13-2)9-7-6-8-11(14-3)12(9)15-4/h6-8,10,13H,5H2,1-4H3/t10-/m1/s1. The summed E-state index contributed by atoms with van der Waals surface area (Å²) in [7, 11) is 5.28. The van der Waals surface area contributed by atoms with E-state index in [4.69, 9.17) is 9.47 Å². The molecule has 0 bridgehead atoms. The minimum atomic E-state index is 0.301. The second-order valence-electron chi connectivity index (χ2n) is 3.33. The van der Waals surface area contributed by atoms with Crippen molar-refractivity contribution in [1.29, 1.82) is 0 Å². The van der Waals surface area contributed by atoms with Crippen molar-refractivity contribution >= 4 is 0 Å². The van der Waals surface area contributed by atoms with E-state index < -0.39 is 0 Å². The fourth-order valence-corrected chi connectivity index (χ4v) is 1.77. The molecule has 1 aromatic rings. The summed E-state index contributed by atoms with van der Waals surface area (Å²) in [6, 6.07) is 6.25. The predicted molar refractivity (Wildman–Crippen MR) is 61.6 cm³/mol. The summed E-state index contributed by atoms with van der Waals surface area (Å²) >= 11 is 0. The normalized spacial score (nSPS) is 12.3. The molecule has 0 saturated heterocycles. The van der Waals surface area contributed by atoms with Crippen LogP contribution in [0, 0.1) is 0 Å². The maximum absolute atomic E-state index is 5.39. The molecule has 1 aromatic carbocycles. The minimum Gasteiger partial charge on any atom is -0.493 e. The van der Waals surface area contributed by atoms with Gasteiger partial charge in [-0.3, -0.25) is 0 Å². The summed E-state index contributed by atoms with van der Waals surface area (Å²) in [6.45, 7) is 2.14. The zero-order chi connectivity index (χ0) is 11.3. The number of hydrogen-bond acceptors (Lipinski definition) is 3. The van der Waals surface area contributed by atoms with Crippen LogP contribution in [0.3, 0.4) is 0 Å². The molecule has 0 heterocycles. The third kappa shape index (κ3) is 2.42. The lowest BCUT2D eigenvalue weighted by atomic mass is 10.0. The maximum atomic E-state index is 5.39. The van der Waals surface area contributed by atoms with E-state index in [1.54, 1.807) is 14.2 Å². The van der Waals surface area contributed by atoms with Gasteiger partial charge in [0.15, 0.2) is 11.5 Å². The first-order valence-corrected chi connectivity index (χ1v) is 5.16. The summed E-state index contributed by atoms with van der Waals surface area (Å²) in [4.78, 5) is 0. The van der Waals surface area contributed by atoms with Gasteiger partial charge in [0.25, 0.3) is 0 Å². The largest absolute Gasteiger partial charge is 0.493 e. The summed E-state index contributed by atoms with van der Waals surface area (Å²) in [5.74, 6) is 1.60. The average Bonchev–Trinajstić information content (AvgIpc) is 2.30. The molecule has 0 amide bonds. The van der Waals surface area contributed by atoms with E-state index in [1.807, 2.05) is 19.2 Å². The molecule has 0 fully saturated rings. The van der Waals surface area contributed by atoms with Gasteiger partial charge >= 0.3 is 0 Å². The molecule has 0 aliphatic carbocycles. The first kappa shape index (κ1) is 11.9. The van der Waals surface area contributed by atoms with Crippen molar-refractivity contribution in [2.24, 2.45) is 0 Å². The van der Waals surface area contributed by atoms with Crippen molar-refractivity contribution in [3.8, 4) is 11.5 Å². The second-order valence-corrected chi connectivity index (χ2v) is 3.33. The van der Waals surface area contributed by atoms with Crippen LogP contribution in [-0.2, 0) is 0 Å². The highest BCUT2D eigenvalue weighted by Crippen LogP contribution is 2.35. The number of ether oxygens (including phenoxy) is 2. The topological polar surface area (TPSA) is 30.5 Å². The number of benzene rings is 1. The lowest BCUT2D eigenvalue weighted by molar-refractivity contribution is 0.347. The molecule has 3 heteroatoms. The molecular weight excluding hydrogens is 190 g/mol. The lowest BCUT2D eigenvalue weighted by Crippen LogP contribution is -2.16. The highest BCUT2D eigenvalue weighted by molar-refractivity contribution is 5.48. The van der Waals surface area contributed by atoms with E-state index >= 15 is 0 Å². The van der Waals surface area contributed by atoms with E-state index in [-0.39, 0.29) is 0 Å². The Balaban J connectivity index is 3.15. The minimum absolute atomic E-state index is 0.301. The zero-order valence-electron chi connectivity index (χ0n) is 9.83. The molecule has 1 atom stereocenters. The van der Waals surface area contributed by atoms with Crippen LogP contribution in [0.4, 0.5) is 0 Å². The molecule has 1 rings (SSSR count). The molecule has 84 valence electrons. The van der Waals surface area contributed by atoms with Crippen LogP contribution in [0.5, 0.6) is 11.5 Å². The van der Waals surface area contributed by atoms with Crippen molar-refractivity contribution in [3.05, 3.63) is 23.8 Å². The van der Waals surface area contributed by atoms with Crippen LogP contribution in [-0.4, -0.2) is 21.3 Å². The Morgan fingerprint density at radius 1 is 1.27 bits per heavy atom. The molecule has 0 aromatic heterocycles. The fourth-order valence-electron chi connectivity index (χ4n) is 1.77. The fraction of sp³-hybridized carbons (Fsp3) is 0.500. The van der Waals surface area contributed by atoms with Crippen LogP contribution < -0.4 is 14.8 Å². The van der Waals surface area contributed by atoms with Crippen molar-refractivity contribution in [1.82, 2.24) is 5.32 Å². The van der Waals surface area contributed by atoms with Gasteiger partial charge in [-0.1, -0.05) is 19.1 Å². The SMILES string of the molecule is CC[C@@H](NC)c1cccc(OC)c1OC. The van der Waals surface area contributed by atoms with E-state index in [0.29, 0.717) is 6.04 Å². The molecule has 0 saturated carbocycles. The number of nitrogens with one attached hydrogen (secondary N) is 1. The number of methoxy groups -OCH3 is 2. The number of hydrogen-bond donors (Lipinski definition) is 1. The predicted octanol–water partition coefficient (Wildman–Crippen LogP) is 2.37. The van der Waals surface area contributed by atoms with Gasteiger partial charge in [0.2, 0.25) is 0 Å². The van der Waals surface area contributed by atoms with E-state index in [2.05, 4.69) is 18.3 Å². The molecular formula is C12H19NO2. The Hall–Kier alpha value is -1.22. The quantitative estimate of drug-likeness (QED) is 0.807.